The Balaban J connectivity index is 2.20. The van der Waals surface area contributed by atoms with E-state index in [-0.39, 0.29) is 12.2 Å². The summed E-state index contributed by atoms with van der Waals surface area (Å²) < 4.78 is 27.8. The summed E-state index contributed by atoms with van der Waals surface area (Å²) in [6.07, 6.45) is 0.576. The highest BCUT2D eigenvalue weighted by Gasteiger charge is 2.19. The zero-order valence-corrected chi connectivity index (χ0v) is 9.53. The number of halogens is 2. The lowest BCUT2D eigenvalue weighted by molar-refractivity contribution is -0.385. The lowest BCUT2D eigenvalue weighted by Crippen LogP contribution is -2.12. The van der Waals surface area contributed by atoms with Crippen molar-refractivity contribution in [1.29, 1.82) is 0 Å². The minimum absolute atomic E-state index is 0.263. The molecule has 2 rings (SSSR count). The van der Waals surface area contributed by atoms with Crippen LogP contribution in [0.25, 0.3) is 0 Å². The molecular formula is C11H9F2N3O3. The summed E-state index contributed by atoms with van der Waals surface area (Å²) in [6, 6.07) is 3.22. The molecule has 1 atom stereocenters. The normalized spacial score (nSPS) is 12.4. The summed E-state index contributed by atoms with van der Waals surface area (Å²) in [5, 5.41) is 23.9. The molecule has 1 unspecified atom stereocenters. The summed E-state index contributed by atoms with van der Waals surface area (Å²) in [5.74, 6) is -1.76. The van der Waals surface area contributed by atoms with Crippen LogP contribution in [0.2, 0.25) is 0 Å². The quantitative estimate of drug-likeness (QED) is 0.677. The van der Waals surface area contributed by atoms with Crippen LogP contribution in [0.5, 0.6) is 0 Å². The van der Waals surface area contributed by atoms with Gasteiger partial charge in [-0.25, -0.2) is 8.78 Å². The van der Waals surface area contributed by atoms with E-state index in [1.807, 2.05) is 0 Å². The summed E-state index contributed by atoms with van der Waals surface area (Å²) in [5.41, 5.74) is -0.748. The second-order valence-corrected chi connectivity index (χ2v) is 3.83. The Morgan fingerprint density at radius 2 is 2.05 bits per heavy atom. The fourth-order valence-corrected chi connectivity index (χ4v) is 1.64. The van der Waals surface area contributed by atoms with Crippen LogP contribution in [-0.4, -0.2) is 19.8 Å². The molecule has 1 heterocycles. The Morgan fingerprint density at radius 3 is 2.58 bits per heavy atom. The summed E-state index contributed by atoms with van der Waals surface area (Å²) in [7, 11) is 0. The van der Waals surface area contributed by atoms with Gasteiger partial charge in [-0.2, -0.15) is 5.10 Å². The third kappa shape index (κ3) is 2.74. The van der Waals surface area contributed by atoms with Crippen molar-refractivity contribution in [1.82, 2.24) is 9.78 Å². The van der Waals surface area contributed by atoms with Crippen molar-refractivity contribution in [2.75, 3.05) is 0 Å². The molecule has 0 aliphatic carbocycles. The van der Waals surface area contributed by atoms with Crippen LogP contribution >= 0.6 is 0 Å². The molecule has 0 spiro atoms. The molecule has 1 N–H and O–H groups in total. The lowest BCUT2D eigenvalue weighted by Gasteiger charge is -2.12. The van der Waals surface area contributed by atoms with E-state index in [2.05, 4.69) is 5.10 Å². The smallest absolute Gasteiger partial charge is 0.306 e. The Labute approximate surface area is 106 Å². The van der Waals surface area contributed by atoms with E-state index < -0.39 is 28.2 Å². The molecule has 100 valence electrons. The van der Waals surface area contributed by atoms with E-state index >= 15 is 0 Å². The molecule has 8 heteroatoms. The largest absolute Gasteiger partial charge is 0.386 e. The number of aliphatic hydroxyl groups excluding tert-OH is 1. The first-order valence-electron chi connectivity index (χ1n) is 5.28. The minimum atomic E-state index is -1.49. The van der Waals surface area contributed by atoms with Gasteiger partial charge in [0, 0.05) is 0 Å². The van der Waals surface area contributed by atoms with Crippen molar-refractivity contribution in [3.63, 3.8) is 0 Å². The molecule has 0 aliphatic rings. The Morgan fingerprint density at radius 1 is 1.42 bits per heavy atom. The van der Waals surface area contributed by atoms with Crippen molar-refractivity contribution in [3.05, 3.63) is 57.9 Å². The molecule has 0 saturated heterocycles. The van der Waals surface area contributed by atoms with Gasteiger partial charge in [0.05, 0.1) is 17.0 Å². The van der Waals surface area contributed by atoms with Crippen molar-refractivity contribution < 1.29 is 18.8 Å². The first kappa shape index (κ1) is 13.1. The number of hydrogen-bond donors (Lipinski definition) is 1. The summed E-state index contributed by atoms with van der Waals surface area (Å²) in [4.78, 5) is 9.79. The lowest BCUT2D eigenvalue weighted by atomic mass is 10.1. The zero-order valence-electron chi connectivity index (χ0n) is 9.53. The maximum atomic E-state index is 13.4. The first-order valence-corrected chi connectivity index (χ1v) is 5.28. The number of hydrogen-bond acceptors (Lipinski definition) is 4. The van der Waals surface area contributed by atoms with Crippen molar-refractivity contribution >= 4 is 5.69 Å². The average Bonchev–Trinajstić information content (AvgIpc) is 2.77. The molecule has 0 aliphatic heterocycles. The second-order valence-electron chi connectivity index (χ2n) is 3.83. The van der Waals surface area contributed by atoms with E-state index in [0.29, 0.717) is 0 Å². The van der Waals surface area contributed by atoms with Gasteiger partial charge >= 0.3 is 5.69 Å². The number of aromatic nitrogens is 2. The molecule has 0 saturated carbocycles. The predicted octanol–water partition coefficient (Wildman–Crippen LogP) is 1.80. The third-order valence-corrected chi connectivity index (χ3v) is 2.52. The topological polar surface area (TPSA) is 81.2 Å². The molecule has 0 amide bonds. The Hall–Kier alpha value is -2.35. The monoisotopic (exact) mass is 269 g/mol. The molecule has 0 radical (unpaired) electrons. The molecule has 2 aromatic rings. The zero-order chi connectivity index (χ0) is 14.0. The molecular weight excluding hydrogens is 260 g/mol. The molecule has 1 aromatic heterocycles. The number of rotatable bonds is 4. The molecule has 6 nitrogen and oxygen atoms in total. The number of nitro groups is 1. The first-order chi connectivity index (χ1) is 8.99. The fraction of sp³-hybridized carbons (Fsp3) is 0.182. The predicted molar refractivity (Wildman–Crippen MR) is 60.2 cm³/mol. The van der Waals surface area contributed by atoms with Gasteiger partial charge in [-0.05, 0) is 12.1 Å². The van der Waals surface area contributed by atoms with Crippen LogP contribution < -0.4 is 0 Å². The van der Waals surface area contributed by atoms with E-state index in [4.69, 9.17) is 0 Å². The highest BCUT2D eigenvalue weighted by molar-refractivity contribution is 5.23. The van der Waals surface area contributed by atoms with Crippen molar-refractivity contribution in [3.8, 4) is 0 Å². The highest BCUT2D eigenvalue weighted by Crippen LogP contribution is 2.22. The molecule has 0 bridgehead atoms. The Kier molecular flexibility index (Phi) is 3.52. The van der Waals surface area contributed by atoms with Crippen LogP contribution in [0.1, 0.15) is 11.7 Å². The number of benzene rings is 1. The molecule has 1 aromatic carbocycles. The Bertz CT molecular complexity index is 595. The van der Waals surface area contributed by atoms with Gasteiger partial charge in [0.25, 0.3) is 0 Å². The van der Waals surface area contributed by atoms with Gasteiger partial charge in [-0.3, -0.25) is 14.8 Å². The average molecular weight is 269 g/mol. The maximum Gasteiger partial charge on any atom is 0.306 e. The molecule has 19 heavy (non-hydrogen) atoms. The van der Waals surface area contributed by atoms with E-state index in [9.17, 15) is 24.0 Å². The summed E-state index contributed by atoms with van der Waals surface area (Å²) in [6.45, 7) is -0.286. The van der Waals surface area contributed by atoms with Crippen molar-refractivity contribution in [2.45, 2.75) is 12.6 Å². The standard InChI is InChI=1S/C11H9F2N3O3/c12-8-2-1-3-9(13)11(8)10(17)6-15-5-7(4-14-15)16(18)19/h1-5,10,17H,6H2. The van der Waals surface area contributed by atoms with E-state index in [1.165, 1.54) is 6.07 Å². The highest BCUT2D eigenvalue weighted by atomic mass is 19.1. The molecule has 0 fully saturated rings. The number of aliphatic hydroxyl groups is 1. The van der Waals surface area contributed by atoms with Gasteiger partial charge in [0.2, 0.25) is 0 Å². The minimum Gasteiger partial charge on any atom is -0.386 e. The summed E-state index contributed by atoms with van der Waals surface area (Å²) >= 11 is 0. The van der Waals surface area contributed by atoms with Gasteiger partial charge < -0.3 is 5.11 Å². The van der Waals surface area contributed by atoms with Gasteiger partial charge in [0.1, 0.15) is 30.1 Å². The van der Waals surface area contributed by atoms with Gasteiger partial charge in [0.15, 0.2) is 0 Å². The maximum absolute atomic E-state index is 13.4. The second kappa shape index (κ2) is 5.11. The van der Waals surface area contributed by atoms with Crippen LogP contribution in [0.15, 0.2) is 30.6 Å². The van der Waals surface area contributed by atoms with Crippen molar-refractivity contribution in [2.24, 2.45) is 0 Å². The third-order valence-electron chi connectivity index (χ3n) is 2.52. The SMILES string of the molecule is O=[N+]([O-])c1cnn(CC(O)c2c(F)cccc2F)c1. The fourth-order valence-electron chi connectivity index (χ4n) is 1.64. The van der Waals surface area contributed by atoms with E-state index in [0.717, 1.165) is 29.2 Å². The van der Waals surface area contributed by atoms with Crippen LogP contribution in [0.4, 0.5) is 14.5 Å². The number of nitrogens with zero attached hydrogens (tertiary/aromatic N) is 3. The van der Waals surface area contributed by atoms with Crippen LogP contribution in [0, 0.1) is 21.7 Å². The van der Waals surface area contributed by atoms with Crippen LogP contribution in [-0.2, 0) is 6.54 Å². The van der Waals surface area contributed by atoms with Gasteiger partial charge in [-0.15, -0.1) is 0 Å². The van der Waals surface area contributed by atoms with Gasteiger partial charge in [-0.1, -0.05) is 6.07 Å². The van der Waals surface area contributed by atoms with E-state index in [1.54, 1.807) is 0 Å². The van der Waals surface area contributed by atoms with Crippen LogP contribution in [0.3, 0.4) is 0 Å².